The number of nitro groups is 1. The Balaban J connectivity index is 1.40. The summed E-state index contributed by atoms with van der Waals surface area (Å²) in [6.45, 7) is 3.00. The Morgan fingerprint density at radius 3 is 2.64 bits per heavy atom. The third-order valence-electron chi connectivity index (χ3n) is 5.22. The van der Waals surface area contributed by atoms with Gasteiger partial charge in [-0.05, 0) is 50.4 Å². The van der Waals surface area contributed by atoms with Crippen LogP contribution in [-0.4, -0.2) is 35.4 Å². The molecule has 0 atom stereocenters. The zero-order chi connectivity index (χ0) is 19.9. The summed E-state index contributed by atoms with van der Waals surface area (Å²) in [7, 11) is 0. The van der Waals surface area contributed by atoms with Crippen LogP contribution in [-0.2, 0) is 6.54 Å². The quantitative estimate of drug-likeness (QED) is 0.582. The van der Waals surface area contributed by atoms with Gasteiger partial charge in [0.25, 0.3) is 11.6 Å². The summed E-state index contributed by atoms with van der Waals surface area (Å²) in [4.78, 5) is 24.7. The van der Waals surface area contributed by atoms with E-state index in [1.165, 1.54) is 24.3 Å². The number of hydrogen-bond donors (Lipinski definition) is 1. The fourth-order valence-electron chi connectivity index (χ4n) is 3.55. The molecule has 1 N–H and O–H groups in total. The van der Waals surface area contributed by atoms with Crippen molar-refractivity contribution in [1.29, 1.82) is 0 Å². The molecule has 3 rings (SSSR count). The maximum Gasteiger partial charge on any atom is 0.270 e. The Bertz CT molecular complexity index is 835. The predicted octanol–water partition coefficient (Wildman–Crippen LogP) is 3.77. The molecule has 0 spiro atoms. The van der Waals surface area contributed by atoms with Gasteiger partial charge >= 0.3 is 0 Å². The highest BCUT2D eigenvalue weighted by Crippen LogP contribution is 2.22. The summed E-state index contributed by atoms with van der Waals surface area (Å²) < 4.78 is 13.8. The van der Waals surface area contributed by atoms with Crippen LogP contribution in [0, 0.1) is 21.8 Å². The molecule has 1 aliphatic rings. The summed E-state index contributed by atoms with van der Waals surface area (Å²) in [6, 6.07) is 12.6. The first-order valence-electron chi connectivity index (χ1n) is 9.51. The van der Waals surface area contributed by atoms with E-state index in [0.717, 1.165) is 37.9 Å². The Morgan fingerprint density at radius 1 is 1.18 bits per heavy atom. The van der Waals surface area contributed by atoms with Gasteiger partial charge in [0.05, 0.1) is 4.92 Å². The number of likely N-dealkylation sites (tertiary alicyclic amines) is 1. The van der Waals surface area contributed by atoms with E-state index in [1.54, 1.807) is 12.1 Å². The second-order valence-electron chi connectivity index (χ2n) is 7.16. The molecule has 148 valence electrons. The van der Waals surface area contributed by atoms with Crippen LogP contribution in [0.2, 0.25) is 0 Å². The summed E-state index contributed by atoms with van der Waals surface area (Å²) in [5.74, 6) is 0.0662. The van der Waals surface area contributed by atoms with Crippen molar-refractivity contribution in [3.63, 3.8) is 0 Å². The molecule has 2 aromatic rings. The van der Waals surface area contributed by atoms with Crippen molar-refractivity contribution in [2.75, 3.05) is 19.6 Å². The number of nitro benzene ring substituents is 1. The fourth-order valence-corrected chi connectivity index (χ4v) is 3.55. The van der Waals surface area contributed by atoms with Gasteiger partial charge in [-0.2, -0.15) is 0 Å². The summed E-state index contributed by atoms with van der Waals surface area (Å²) in [5.41, 5.74) is 0.939. The molecule has 28 heavy (non-hydrogen) atoms. The molecule has 1 aliphatic heterocycles. The van der Waals surface area contributed by atoms with Gasteiger partial charge in [-0.3, -0.25) is 19.8 Å². The van der Waals surface area contributed by atoms with Crippen molar-refractivity contribution in [3.8, 4) is 0 Å². The number of halogens is 1. The minimum atomic E-state index is -0.508. The first-order chi connectivity index (χ1) is 13.5. The third kappa shape index (κ3) is 5.36. The van der Waals surface area contributed by atoms with Crippen LogP contribution in [0.1, 0.15) is 35.2 Å². The van der Waals surface area contributed by atoms with Gasteiger partial charge in [-0.25, -0.2) is 4.39 Å². The van der Waals surface area contributed by atoms with Crippen LogP contribution >= 0.6 is 0 Å². The van der Waals surface area contributed by atoms with Gasteiger partial charge in [0.15, 0.2) is 0 Å². The van der Waals surface area contributed by atoms with Gasteiger partial charge in [0.1, 0.15) is 5.82 Å². The van der Waals surface area contributed by atoms with Gasteiger partial charge in [-0.15, -0.1) is 0 Å². The first-order valence-corrected chi connectivity index (χ1v) is 9.51. The average Bonchev–Trinajstić information content (AvgIpc) is 2.71. The predicted molar refractivity (Wildman–Crippen MR) is 104 cm³/mol. The second kappa shape index (κ2) is 9.41. The standard InChI is InChI=1S/C21H24FN3O3/c22-20-7-2-1-4-18(20)15-24-12-9-16(10-13-24)8-11-23-21(26)17-5-3-6-19(14-17)25(27)28/h1-7,14,16H,8-13,15H2,(H,23,26). The van der Waals surface area contributed by atoms with Crippen molar-refractivity contribution >= 4 is 11.6 Å². The van der Waals surface area contributed by atoms with Gasteiger partial charge in [0.2, 0.25) is 0 Å². The van der Waals surface area contributed by atoms with E-state index < -0.39 is 4.92 Å². The monoisotopic (exact) mass is 385 g/mol. The number of nitrogens with zero attached hydrogens (tertiary/aromatic N) is 2. The van der Waals surface area contributed by atoms with Crippen molar-refractivity contribution in [2.45, 2.75) is 25.8 Å². The maximum absolute atomic E-state index is 13.8. The smallest absolute Gasteiger partial charge is 0.270 e. The van der Waals surface area contributed by atoms with E-state index in [9.17, 15) is 19.3 Å². The molecular weight excluding hydrogens is 361 g/mol. The molecule has 2 aromatic carbocycles. The minimum Gasteiger partial charge on any atom is -0.352 e. The molecule has 6 nitrogen and oxygen atoms in total. The van der Waals surface area contributed by atoms with Gasteiger partial charge in [-0.1, -0.05) is 24.3 Å². The maximum atomic E-state index is 13.8. The minimum absolute atomic E-state index is 0.0881. The first kappa shape index (κ1) is 19.9. The number of rotatable bonds is 7. The molecule has 0 bridgehead atoms. The largest absolute Gasteiger partial charge is 0.352 e. The Kier molecular flexibility index (Phi) is 6.71. The number of piperidine rings is 1. The normalized spacial score (nSPS) is 15.3. The Morgan fingerprint density at radius 2 is 1.93 bits per heavy atom. The number of nitrogens with one attached hydrogen (secondary N) is 1. The molecule has 0 aromatic heterocycles. The molecule has 1 amide bonds. The van der Waals surface area contributed by atoms with Crippen LogP contribution in [0.25, 0.3) is 0 Å². The van der Waals surface area contributed by atoms with Crippen LogP contribution in [0.3, 0.4) is 0 Å². The zero-order valence-corrected chi connectivity index (χ0v) is 15.6. The number of benzene rings is 2. The number of hydrogen-bond acceptors (Lipinski definition) is 4. The SMILES string of the molecule is O=C(NCCC1CCN(Cc2ccccc2F)CC1)c1cccc([N+](=O)[O-])c1. The molecule has 1 saturated heterocycles. The highest BCUT2D eigenvalue weighted by Gasteiger charge is 2.20. The highest BCUT2D eigenvalue weighted by atomic mass is 19.1. The van der Waals surface area contributed by atoms with Crippen LogP contribution < -0.4 is 5.32 Å². The molecular formula is C21H24FN3O3. The lowest BCUT2D eigenvalue weighted by Gasteiger charge is -2.32. The lowest BCUT2D eigenvalue weighted by molar-refractivity contribution is -0.384. The van der Waals surface area contributed by atoms with E-state index >= 15 is 0 Å². The van der Waals surface area contributed by atoms with Crippen molar-refractivity contribution in [2.24, 2.45) is 5.92 Å². The van der Waals surface area contributed by atoms with Crippen LogP contribution in [0.15, 0.2) is 48.5 Å². The average molecular weight is 385 g/mol. The Hall–Kier alpha value is -2.80. The van der Waals surface area contributed by atoms with Crippen molar-refractivity contribution in [3.05, 3.63) is 75.6 Å². The second-order valence-corrected chi connectivity index (χ2v) is 7.16. The zero-order valence-electron chi connectivity index (χ0n) is 15.6. The van der Waals surface area contributed by atoms with Crippen LogP contribution in [0.5, 0.6) is 0 Å². The molecule has 0 saturated carbocycles. The van der Waals surface area contributed by atoms with E-state index in [1.807, 2.05) is 12.1 Å². The van der Waals surface area contributed by atoms with Gasteiger partial charge < -0.3 is 5.32 Å². The van der Waals surface area contributed by atoms with Crippen molar-refractivity contribution < 1.29 is 14.1 Å². The summed E-state index contributed by atoms with van der Waals surface area (Å²) in [5, 5.41) is 13.7. The number of non-ortho nitro benzene ring substituents is 1. The lowest BCUT2D eigenvalue weighted by atomic mass is 9.93. The van der Waals surface area contributed by atoms with E-state index in [4.69, 9.17) is 0 Å². The number of carbonyl (C=O) groups is 1. The molecule has 1 heterocycles. The van der Waals surface area contributed by atoms with E-state index in [-0.39, 0.29) is 17.4 Å². The summed E-state index contributed by atoms with van der Waals surface area (Å²) in [6.07, 6.45) is 2.90. The molecule has 0 aliphatic carbocycles. The van der Waals surface area contributed by atoms with Crippen molar-refractivity contribution in [1.82, 2.24) is 10.2 Å². The molecule has 7 heteroatoms. The third-order valence-corrected chi connectivity index (χ3v) is 5.22. The fraction of sp³-hybridized carbons (Fsp3) is 0.381. The number of carbonyl (C=O) groups excluding carboxylic acids is 1. The lowest BCUT2D eigenvalue weighted by Crippen LogP contribution is -2.35. The summed E-state index contributed by atoms with van der Waals surface area (Å²) >= 11 is 0. The number of amides is 1. The van der Waals surface area contributed by atoms with Gasteiger partial charge in [0, 0.05) is 36.3 Å². The molecule has 1 fully saturated rings. The van der Waals surface area contributed by atoms with E-state index in [0.29, 0.717) is 24.6 Å². The topological polar surface area (TPSA) is 75.5 Å². The van der Waals surface area contributed by atoms with E-state index in [2.05, 4.69) is 10.2 Å². The highest BCUT2D eigenvalue weighted by molar-refractivity contribution is 5.94. The molecule has 0 unspecified atom stereocenters. The Labute approximate surface area is 163 Å². The molecule has 0 radical (unpaired) electrons. The van der Waals surface area contributed by atoms with Crippen LogP contribution in [0.4, 0.5) is 10.1 Å².